The van der Waals surface area contributed by atoms with Gasteiger partial charge in [0.2, 0.25) is 0 Å². The van der Waals surface area contributed by atoms with Crippen LogP contribution in [0.15, 0.2) is 188 Å². The lowest BCUT2D eigenvalue weighted by Gasteiger charge is -2.28. The molecule has 9 aromatic rings. The summed E-state index contributed by atoms with van der Waals surface area (Å²) in [5.74, 6) is 0. The van der Waals surface area contributed by atoms with E-state index in [4.69, 9.17) is 0 Å². The summed E-state index contributed by atoms with van der Waals surface area (Å²) in [4.78, 5) is 2.44. The summed E-state index contributed by atoms with van der Waals surface area (Å²) in [6, 6.07) is 68.3. The Hall–Kier alpha value is -6.18. The standard InChI is InChI=1S/C46H31N/c1-2-11-32(12-3-1)33-27-29-39(30-28-33)47(40-18-8-17-38(31-40)42-21-9-15-34-13-4-6-19-41(34)42)44-22-10-16-36-25-26-37-24-23-35-14-5-7-20-43(35)45(37)46(36)44/h1-31H. The maximum atomic E-state index is 2.44. The molecule has 0 atom stereocenters. The molecule has 0 spiro atoms. The van der Waals surface area contributed by atoms with Crippen LogP contribution in [0, 0.1) is 0 Å². The van der Waals surface area contributed by atoms with Gasteiger partial charge >= 0.3 is 0 Å². The molecule has 0 aliphatic heterocycles. The molecule has 1 heteroatoms. The quantitative estimate of drug-likeness (QED) is 0.178. The molecule has 0 aromatic heterocycles. The van der Waals surface area contributed by atoms with Gasteiger partial charge in [0.15, 0.2) is 0 Å². The van der Waals surface area contributed by atoms with Crippen molar-refractivity contribution in [3.05, 3.63) is 188 Å². The van der Waals surface area contributed by atoms with E-state index in [9.17, 15) is 0 Å². The van der Waals surface area contributed by atoms with Crippen molar-refractivity contribution in [1.29, 1.82) is 0 Å². The zero-order valence-electron chi connectivity index (χ0n) is 25.8. The van der Waals surface area contributed by atoms with E-state index in [1.165, 1.54) is 65.3 Å². The molecule has 9 rings (SSSR count). The number of hydrogen-bond donors (Lipinski definition) is 0. The van der Waals surface area contributed by atoms with Crippen molar-refractivity contribution in [3.8, 4) is 22.3 Å². The van der Waals surface area contributed by atoms with Crippen LogP contribution < -0.4 is 4.90 Å². The number of rotatable bonds is 5. The summed E-state index contributed by atoms with van der Waals surface area (Å²) < 4.78 is 0. The molecule has 9 aromatic carbocycles. The summed E-state index contributed by atoms with van der Waals surface area (Å²) in [5.41, 5.74) is 8.24. The summed E-state index contributed by atoms with van der Waals surface area (Å²) in [6.45, 7) is 0. The molecule has 1 nitrogen and oxygen atoms in total. The van der Waals surface area contributed by atoms with E-state index in [1.807, 2.05) is 0 Å². The Kier molecular flexibility index (Phi) is 6.54. The predicted molar refractivity (Wildman–Crippen MR) is 202 cm³/mol. The lowest BCUT2D eigenvalue weighted by Crippen LogP contribution is -2.10. The molecule has 0 radical (unpaired) electrons. The van der Waals surface area contributed by atoms with E-state index in [-0.39, 0.29) is 0 Å². The van der Waals surface area contributed by atoms with E-state index < -0.39 is 0 Å². The molecule has 0 aliphatic carbocycles. The summed E-state index contributed by atoms with van der Waals surface area (Å²) >= 11 is 0. The smallest absolute Gasteiger partial charge is 0.0546 e. The van der Waals surface area contributed by atoms with Gasteiger partial charge in [-0.3, -0.25) is 0 Å². The van der Waals surface area contributed by atoms with Crippen LogP contribution in [0.3, 0.4) is 0 Å². The van der Waals surface area contributed by atoms with Crippen molar-refractivity contribution in [2.24, 2.45) is 0 Å². The molecule has 0 heterocycles. The van der Waals surface area contributed by atoms with Gasteiger partial charge in [-0.05, 0) is 90.3 Å². The first-order chi connectivity index (χ1) is 23.3. The molecule has 220 valence electrons. The number of anilines is 3. The third-order valence-electron chi connectivity index (χ3n) is 9.41. The maximum Gasteiger partial charge on any atom is 0.0546 e. The van der Waals surface area contributed by atoms with Gasteiger partial charge in [0, 0.05) is 16.8 Å². The molecule has 0 saturated carbocycles. The minimum Gasteiger partial charge on any atom is -0.310 e. The zero-order chi connectivity index (χ0) is 31.2. The van der Waals surface area contributed by atoms with Gasteiger partial charge < -0.3 is 4.90 Å². The van der Waals surface area contributed by atoms with Gasteiger partial charge in [0.25, 0.3) is 0 Å². The Balaban J connectivity index is 1.31. The summed E-state index contributed by atoms with van der Waals surface area (Å²) in [5, 5.41) is 10.0. The molecular weight excluding hydrogens is 567 g/mol. The van der Waals surface area contributed by atoms with Crippen LogP contribution >= 0.6 is 0 Å². The Morgan fingerprint density at radius 1 is 0.298 bits per heavy atom. The fraction of sp³-hybridized carbons (Fsp3) is 0. The normalized spacial score (nSPS) is 11.4. The minimum atomic E-state index is 1.12. The lowest BCUT2D eigenvalue weighted by atomic mass is 9.94. The van der Waals surface area contributed by atoms with Gasteiger partial charge in [-0.2, -0.15) is 0 Å². The van der Waals surface area contributed by atoms with Gasteiger partial charge in [-0.25, -0.2) is 0 Å². The van der Waals surface area contributed by atoms with E-state index >= 15 is 0 Å². The van der Waals surface area contributed by atoms with Crippen molar-refractivity contribution in [2.75, 3.05) is 4.90 Å². The largest absolute Gasteiger partial charge is 0.310 e. The second-order valence-corrected chi connectivity index (χ2v) is 12.2. The number of benzene rings is 9. The molecule has 0 bridgehead atoms. The first-order valence-electron chi connectivity index (χ1n) is 16.2. The molecule has 0 N–H and O–H groups in total. The molecule has 0 aliphatic rings. The second kappa shape index (κ2) is 11.3. The lowest BCUT2D eigenvalue weighted by molar-refractivity contribution is 1.30. The van der Waals surface area contributed by atoms with Crippen LogP contribution in [0.4, 0.5) is 17.1 Å². The van der Waals surface area contributed by atoms with Gasteiger partial charge in [-0.15, -0.1) is 0 Å². The van der Waals surface area contributed by atoms with E-state index in [0.717, 1.165) is 17.1 Å². The summed E-state index contributed by atoms with van der Waals surface area (Å²) in [6.07, 6.45) is 0. The van der Waals surface area contributed by atoms with Crippen molar-refractivity contribution >= 4 is 60.2 Å². The van der Waals surface area contributed by atoms with E-state index in [1.54, 1.807) is 0 Å². The SMILES string of the molecule is c1ccc(-c2ccc(N(c3cccc(-c4cccc5ccccc45)c3)c3cccc4ccc5ccc6ccccc6c5c34)cc2)cc1. The Morgan fingerprint density at radius 3 is 1.66 bits per heavy atom. The topological polar surface area (TPSA) is 3.24 Å². The highest BCUT2D eigenvalue weighted by Gasteiger charge is 2.19. The van der Waals surface area contributed by atoms with Crippen LogP contribution in [-0.2, 0) is 0 Å². The first-order valence-corrected chi connectivity index (χ1v) is 16.2. The highest BCUT2D eigenvalue weighted by molar-refractivity contribution is 6.24. The molecule has 47 heavy (non-hydrogen) atoms. The molecule has 0 saturated heterocycles. The fourth-order valence-corrected chi connectivity index (χ4v) is 7.19. The van der Waals surface area contributed by atoms with Crippen LogP contribution in [0.2, 0.25) is 0 Å². The van der Waals surface area contributed by atoms with Crippen LogP contribution in [-0.4, -0.2) is 0 Å². The fourth-order valence-electron chi connectivity index (χ4n) is 7.19. The number of hydrogen-bond acceptors (Lipinski definition) is 1. The highest BCUT2D eigenvalue weighted by Crippen LogP contribution is 2.44. The predicted octanol–water partition coefficient (Wildman–Crippen LogP) is 13.1. The summed E-state index contributed by atoms with van der Waals surface area (Å²) in [7, 11) is 0. The van der Waals surface area contributed by atoms with Gasteiger partial charge in [0.05, 0.1) is 5.69 Å². The average Bonchev–Trinajstić information content (AvgIpc) is 3.15. The van der Waals surface area contributed by atoms with Crippen molar-refractivity contribution < 1.29 is 0 Å². The van der Waals surface area contributed by atoms with Crippen LogP contribution in [0.25, 0.3) is 65.3 Å². The van der Waals surface area contributed by atoms with Crippen molar-refractivity contribution in [3.63, 3.8) is 0 Å². The van der Waals surface area contributed by atoms with Crippen LogP contribution in [0.1, 0.15) is 0 Å². The minimum absolute atomic E-state index is 1.12. The monoisotopic (exact) mass is 597 g/mol. The number of nitrogens with zero attached hydrogens (tertiary/aromatic N) is 1. The van der Waals surface area contributed by atoms with E-state index in [0.29, 0.717) is 0 Å². The average molecular weight is 598 g/mol. The van der Waals surface area contributed by atoms with Gasteiger partial charge in [-0.1, -0.05) is 158 Å². The Labute approximate surface area is 274 Å². The first kappa shape index (κ1) is 27.2. The molecule has 0 unspecified atom stereocenters. The van der Waals surface area contributed by atoms with Crippen LogP contribution in [0.5, 0.6) is 0 Å². The Bertz CT molecular complexity index is 2550. The number of fused-ring (bicyclic) bond motifs is 6. The molecule has 0 amide bonds. The molecule has 0 fully saturated rings. The zero-order valence-corrected chi connectivity index (χ0v) is 25.8. The third kappa shape index (κ3) is 4.72. The van der Waals surface area contributed by atoms with E-state index in [2.05, 4.69) is 193 Å². The maximum absolute atomic E-state index is 2.44. The Morgan fingerprint density at radius 2 is 0.851 bits per heavy atom. The third-order valence-corrected chi connectivity index (χ3v) is 9.41. The second-order valence-electron chi connectivity index (χ2n) is 12.2. The van der Waals surface area contributed by atoms with Gasteiger partial charge in [0.1, 0.15) is 0 Å². The highest BCUT2D eigenvalue weighted by atomic mass is 15.1. The molecular formula is C46H31N. The van der Waals surface area contributed by atoms with Crippen molar-refractivity contribution in [2.45, 2.75) is 0 Å². The van der Waals surface area contributed by atoms with Crippen molar-refractivity contribution in [1.82, 2.24) is 0 Å².